The summed E-state index contributed by atoms with van der Waals surface area (Å²) >= 11 is 1.24. The summed E-state index contributed by atoms with van der Waals surface area (Å²) in [6.45, 7) is 5.23. The van der Waals surface area contributed by atoms with E-state index in [0.717, 1.165) is 16.5 Å². The van der Waals surface area contributed by atoms with Crippen LogP contribution in [-0.2, 0) is 9.53 Å². The lowest BCUT2D eigenvalue weighted by Crippen LogP contribution is -2.21. The molecule has 3 aromatic rings. The molecule has 3 rings (SSSR count). The molecule has 2 aromatic heterocycles. The molecule has 30 heavy (non-hydrogen) atoms. The van der Waals surface area contributed by atoms with Gasteiger partial charge < -0.3 is 14.9 Å². The van der Waals surface area contributed by atoms with Crippen molar-refractivity contribution in [3.8, 4) is 0 Å². The number of furan rings is 1. The summed E-state index contributed by atoms with van der Waals surface area (Å²) in [5, 5.41) is 4.25. The summed E-state index contributed by atoms with van der Waals surface area (Å²) in [5.41, 5.74) is 7.01. The molecule has 0 fully saturated rings. The lowest BCUT2D eigenvalue weighted by atomic mass is 10.1. The Bertz CT molecular complexity index is 1140. The van der Waals surface area contributed by atoms with Gasteiger partial charge in [-0.2, -0.15) is 0 Å². The van der Waals surface area contributed by atoms with Crippen LogP contribution in [0.1, 0.15) is 39.0 Å². The quantitative estimate of drug-likeness (QED) is 0.437. The van der Waals surface area contributed by atoms with Crippen molar-refractivity contribution in [3.63, 3.8) is 0 Å². The molecule has 0 unspecified atom stereocenters. The summed E-state index contributed by atoms with van der Waals surface area (Å²) < 4.78 is 10.4. The van der Waals surface area contributed by atoms with Gasteiger partial charge in [-0.05, 0) is 38.5 Å². The van der Waals surface area contributed by atoms with E-state index in [1.807, 2.05) is 37.3 Å². The van der Waals surface area contributed by atoms with Gasteiger partial charge in [0.2, 0.25) is 11.8 Å². The van der Waals surface area contributed by atoms with Gasteiger partial charge in [-0.1, -0.05) is 30.0 Å². The van der Waals surface area contributed by atoms with Crippen LogP contribution in [0.25, 0.3) is 10.9 Å². The predicted molar refractivity (Wildman–Crippen MR) is 114 cm³/mol. The third-order valence-corrected chi connectivity index (χ3v) is 5.23. The van der Waals surface area contributed by atoms with E-state index in [0.29, 0.717) is 5.03 Å². The van der Waals surface area contributed by atoms with Crippen LogP contribution >= 0.6 is 11.8 Å². The lowest BCUT2D eigenvalue weighted by molar-refractivity contribution is -0.113. The smallest absolute Gasteiger partial charge is 0.342 e. The van der Waals surface area contributed by atoms with Crippen molar-refractivity contribution < 1.29 is 23.5 Å². The molecule has 0 spiro atoms. The van der Waals surface area contributed by atoms with Crippen molar-refractivity contribution >= 4 is 46.3 Å². The second-order valence-electron chi connectivity index (χ2n) is 6.45. The average molecular weight is 427 g/mol. The second kappa shape index (κ2) is 9.00. The number of nitrogens with two attached hydrogens (primary N) is 1. The molecule has 0 aliphatic heterocycles. The second-order valence-corrected chi connectivity index (χ2v) is 7.45. The van der Waals surface area contributed by atoms with E-state index in [1.54, 1.807) is 6.92 Å². The highest BCUT2D eigenvalue weighted by atomic mass is 32.2. The fourth-order valence-electron chi connectivity index (χ4n) is 3.01. The Labute approximate surface area is 177 Å². The van der Waals surface area contributed by atoms with Crippen molar-refractivity contribution in [2.75, 3.05) is 17.7 Å². The van der Waals surface area contributed by atoms with Crippen LogP contribution in [0.15, 0.2) is 39.8 Å². The van der Waals surface area contributed by atoms with Crippen molar-refractivity contribution in [1.82, 2.24) is 4.98 Å². The number of esters is 1. The van der Waals surface area contributed by atoms with Crippen LogP contribution in [0.5, 0.6) is 0 Å². The highest BCUT2D eigenvalue weighted by molar-refractivity contribution is 7.99. The highest BCUT2D eigenvalue weighted by Crippen LogP contribution is 2.28. The molecular formula is C21H21N3O5S. The maximum atomic E-state index is 12.4. The minimum atomic E-state index is -0.898. The summed E-state index contributed by atoms with van der Waals surface area (Å²) in [6, 6.07) is 9.66. The summed E-state index contributed by atoms with van der Waals surface area (Å²) in [6.07, 6.45) is 0. The molecule has 9 heteroatoms. The van der Waals surface area contributed by atoms with E-state index in [1.165, 1.54) is 18.7 Å². The fourth-order valence-corrected chi connectivity index (χ4v) is 3.79. The number of pyridine rings is 1. The summed E-state index contributed by atoms with van der Waals surface area (Å²) in [7, 11) is 0. The largest absolute Gasteiger partial charge is 0.462 e. The van der Waals surface area contributed by atoms with E-state index in [-0.39, 0.29) is 35.1 Å². The first-order chi connectivity index (χ1) is 14.3. The first-order valence-corrected chi connectivity index (χ1v) is 10.2. The zero-order valence-corrected chi connectivity index (χ0v) is 17.6. The van der Waals surface area contributed by atoms with E-state index < -0.39 is 17.8 Å². The van der Waals surface area contributed by atoms with Crippen LogP contribution in [-0.4, -0.2) is 35.1 Å². The van der Waals surface area contributed by atoms with E-state index in [2.05, 4.69) is 10.3 Å². The van der Waals surface area contributed by atoms with Gasteiger partial charge in [0.1, 0.15) is 16.9 Å². The predicted octanol–water partition coefficient (Wildman–Crippen LogP) is 3.45. The molecule has 0 aliphatic carbocycles. The van der Waals surface area contributed by atoms with Crippen molar-refractivity contribution in [1.29, 1.82) is 0 Å². The Morgan fingerprint density at radius 1 is 1.20 bits per heavy atom. The number of primary amides is 1. The molecule has 2 amide bonds. The highest BCUT2D eigenvalue weighted by Gasteiger charge is 2.29. The summed E-state index contributed by atoms with van der Waals surface area (Å²) in [5.74, 6) is -2.08. The van der Waals surface area contributed by atoms with Gasteiger partial charge >= 0.3 is 5.97 Å². The topological polar surface area (TPSA) is 125 Å². The molecule has 0 saturated heterocycles. The minimum absolute atomic E-state index is 0.0253. The van der Waals surface area contributed by atoms with Crippen LogP contribution in [0, 0.1) is 13.8 Å². The molecule has 2 heterocycles. The van der Waals surface area contributed by atoms with Crippen molar-refractivity contribution in [2.24, 2.45) is 5.73 Å². The summed E-state index contributed by atoms with van der Waals surface area (Å²) in [4.78, 5) is 41.0. The monoisotopic (exact) mass is 427 g/mol. The molecule has 1 aromatic carbocycles. The van der Waals surface area contributed by atoms with E-state index in [9.17, 15) is 14.4 Å². The Kier molecular flexibility index (Phi) is 6.41. The minimum Gasteiger partial charge on any atom is -0.462 e. The third kappa shape index (κ3) is 4.46. The maximum Gasteiger partial charge on any atom is 0.342 e. The third-order valence-electron chi connectivity index (χ3n) is 4.31. The number of carbonyl (C=O) groups excluding carboxylic acids is 3. The number of aromatic nitrogens is 1. The lowest BCUT2D eigenvalue weighted by Gasteiger charge is -2.07. The number of thioether (sulfide) groups is 1. The van der Waals surface area contributed by atoms with Gasteiger partial charge in [-0.25, -0.2) is 9.78 Å². The number of ether oxygens (including phenoxy) is 1. The molecule has 0 saturated carbocycles. The number of hydrogen-bond acceptors (Lipinski definition) is 7. The van der Waals surface area contributed by atoms with Gasteiger partial charge in [0.15, 0.2) is 0 Å². The van der Waals surface area contributed by atoms with Gasteiger partial charge in [0.25, 0.3) is 5.91 Å². The van der Waals surface area contributed by atoms with E-state index >= 15 is 0 Å². The molecule has 0 atom stereocenters. The first-order valence-electron chi connectivity index (χ1n) is 9.21. The SMILES string of the molecule is CCOC(=O)c1c(C)oc(NC(=O)CSc2cc(C)c3ccccc3n2)c1C(N)=O. The Hall–Kier alpha value is -3.33. The molecule has 8 nitrogen and oxygen atoms in total. The van der Waals surface area contributed by atoms with Gasteiger partial charge in [-0.15, -0.1) is 0 Å². The maximum absolute atomic E-state index is 12.4. The zero-order chi connectivity index (χ0) is 21.8. The number of hydrogen-bond donors (Lipinski definition) is 2. The zero-order valence-electron chi connectivity index (χ0n) is 16.8. The van der Waals surface area contributed by atoms with Gasteiger partial charge in [0, 0.05) is 5.39 Å². The number of para-hydroxylation sites is 1. The Balaban J connectivity index is 1.76. The van der Waals surface area contributed by atoms with Gasteiger partial charge in [-0.3, -0.25) is 14.9 Å². The van der Waals surface area contributed by atoms with E-state index in [4.69, 9.17) is 14.9 Å². The number of aryl methyl sites for hydroxylation is 2. The number of anilines is 1. The van der Waals surface area contributed by atoms with Crippen LogP contribution in [0.4, 0.5) is 5.88 Å². The van der Waals surface area contributed by atoms with Crippen LogP contribution < -0.4 is 11.1 Å². The first kappa shape index (κ1) is 21.4. The van der Waals surface area contributed by atoms with Crippen molar-refractivity contribution in [3.05, 3.63) is 52.8 Å². The number of nitrogens with zero attached hydrogens (tertiary/aromatic N) is 1. The van der Waals surface area contributed by atoms with Crippen LogP contribution in [0.2, 0.25) is 0 Å². The molecular weight excluding hydrogens is 406 g/mol. The number of benzene rings is 1. The van der Waals surface area contributed by atoms with Gasteiger partial charge in [0.05, 0.1) is 22.9 Å². The standard InChI is InChI=1S/C21H21N3O5S/c1-4-28-21(27)17-12(3)29-20(18(17)19(22)26)24-15(25)10-30-16-9-11(2)13-7-5-6-8-14(13)23-16/h5-9H,4,10H2,1-3H3,(H2,22,26)(H,24,25). The van der Waals surface area contributed by atoms with Crippen LogP contribution in [0.3, 0.4) is 0 Å². The fraction of sp³-hybridized carbons (Fsp3) is 0.238. The molecule has 0 bridgehead atoms. The molecule has 0 aliphatic rings. The number of nitrogens with one attached hydrogen (secondary N) is 1. The normalized spacial score (nSPS) is 10.8. The number of carbonyl (C=O) groups is 3. The number of rotatable bonds is 7. The number of fused-ring (bicyclic) bond motifs is 1. The molecule has 0 radical (unpaired) electrons. The average Bonchev–Trinajstić information content (AvgIpc) is 3.02. The Morgan fingerprint density at radius 2 is 1.93 bits per heavy atom. The molecule has 156 valence electrons. The van der Waals surface area contributed by atoms with Crippen molar-refractivity contribution in [2.45, 2.75) is 25.8 Å². The number of amides is 2. The molecule has 3 N–H and O–H groups in total. The Morgan fingerprint density at radius 3 is 2.63 bits per heavy atom.